The molecule has 0 saturated heterocycles. The van der Waals surface area contributed by atoms with Crippen LogP contribution in [0.5, 0.6) is 0 Å². The fraction of sp³-hybridized carbons (Fsp3) is 0.185. The summed E-state index contributed by atoms with van der Waals surface area (Å²) in [6, 6.07) is 3.47. The lowest BCUT2D eigenvalue weighted by Gasteiger charge is -2.20. The maximum Gasteiger partial charge on any atom is 0.417 e. The number of fused-ring (bicyclic) bond motifs is 4. The molecule has 45 heavy (non-hydrogen) atoms. The van der Waals surface area contributed by atoms with Crippen molar-refractivity contribution in [2.24, 2.45) is 0 Å². The van der Waals surface area contributed by atoms with Crippen LogP contribution in [-0.2, 0) is 12.7 Å². The molecule has 1 amide bonds. The second-order valence-electron chi connectivity index (χ2n) is 9.82. The molecule has 0 saturated carbocycles. The van der Waals surface area contributed by atoms with E-state index in [9.17, 15) is 49.1 Å². The third-order valence-electron chi connectivity index (χ3n) is 7.17. The number of carbonyl (C=O) groups is 1. The van der Waals surface area contributed by atoms with Gasteiger partial charge in [-0.25, -0.2) is 26.9 Å². The molecule has 8 nitrogen and oxygen atoms in total. The van der Waals surface area contributed by atoms with Crippen molar-refractivity contribution in [1.29, 1.82) is 0 Å². The third-order valence-corrected chi connectivity index (χ3v) is 7.51. The quantitative estimate of drug-likeness (QED) is 0.193. The van der Waals surface area contributed by atoms with Gasteiger partial charge in [-0.15, -0.1) is 5.10 Å². The Balaban J connectivity index is 1.70. The number of rotatable bonds is 6. The van der Waals surface area contributed by atoms with E-state index in [4.69, 9.17) is 11.6 Å². The average molecular weight is 661 g/mol. The molecule has 2 N–H and O–H groups in total. The van der Waals surface area contributed by atoms with Crippen molar-refractivity contribution >= 4 is 50.8 Å². The zero-order valence-corrected chi connectivity index (χ0v) is 22.6. The predicted octanol–water partition coefficient (Wildman–Crippen LogP) is 6.93. The van der Waals surface area contributed by atoms with Crippen LogP contribution in [0.4, 0.5) is 51.0 Å². The lowest BCUT2D eigenvalue weighted by atomic mass is 9.95. The zero-order chi connectivity index (χ0) is 32.5. The SMILES string of the molecule is O=C1NC(c2cc(F)ccc2Cl)c2c(Nc3nncc4c(C(F)(F)F)cc(F)cc34)cc3c(c21)n(C(F)F)c(=O)n3CC(F)F. The van der Waals surface area contributed by atoms with E-state index in [2.05, 4.69) is 20.8 Å². The number of benzene rings is 3. The molecule has 1 aliphatic heterocycles. The molecule has 5 aromatic rings. The first kappa shape index (κ1) is 30.2. The topological polar surface area (TPSA) is 93.8 Å². The Morgan fingerprint density at radius 3 is 2.40 bits per heavy atom. The largest absolute Gasteiger partial charge is 0.417 e. The minimum Gasteiger partial charge on any atom is -0.341 e. The van der Waals surface area contributed by atoms with E-state index in [-0.39, 0.29) is 32.5 Å². The van der Waals surface area contributed by atoms with Crippen molar-refractivity contribution in [2.75, 3.05) is 5.32 Å². The Morgan fingerprint density at radius 2 is 1.73 bits per heavy atom. The van der Waals surface area contributed by atoms with Crippen LogP contribution in [0.1, 0.15) is 39.6 Å². The summed E-state index contributed by atoms with van der Waals surface area (Å²) in [5.74, 6) is -3.76. The monoisotopic (exact) mass is 660 g/mol. The van der Waals surface area contributed by atoms with Crippen LogP contribution < -0.4 is 16.3 Å². The van der Waals surface area contributed by atoms with Gasteiger partial charge < -0.3 is 10.6 Å². The van der Waals surface area contributed by atoms with Crippen molar-refractivity contribution in [2.45, 2.75) is 31.7 Å². The van der Waals surface area contributed by atoms with Gasteiger partial charge in [0.25, 0.3) is 12.3 Å². The molecule has 0 spiro atoms. The summed E-state index contributed by atoms with van der Waals surface area (Å²) in [6.45, 7) is -4.98. The number of anilines is 2. The number of amides is 1. The normalized spacial score (nSPS) is 15.0. The standard InChI is InChI=1S/C27H14ClF9N6O2/c28-15-2-1-9(29)3-12(15)21-19-16(39-23-11-4-10(30)5-14(27(35,36)37)13(11)7-38-41-23)6-17-22(20(19)24(44)40-21)43(25(33)34)26(45)42(17)8-18(31)32/h1-7,18,21,25H,8H2,(H,39,41)(H,40,44). The minimum atomic E-state index is -5.03. The van der Waals surface area contributed by atoms with Crippen LogP contribution in [0.3, 0.4) is 0 Å². The lowest BCUT2D eigenvalue weighted by Crippen LogP contribution is -2.27. The fourth-order valence-corrected chi connectivity index (χ4v) is 5.66. The number of aromatic nitrogens is 4. The minimum absolute atomic E-state index is 0.0986. The van der Waals surface area contributed by atoms with Crippen LogP contribution in [0.15, 0.2) is 47.4 Å². The first-order valence-corrected chi connectivity index (χ1v) is 13.0. The second-order valence-corrected chi connectivity index (χ2v) is 10.2. The van der Waals surface area contributed by atoms with Crippen molar-refractivity contribution in [3.63, 3.8) is 0 Å². The Morgan fingerprint density at radius 1 is 1.00 bits per heavy atom. The molecule has 0 radical (unpaired) electrons. The molecule has 1 atom stereocenters. The van der Waals surface area contributed by atoms with Crippen LogP contribution >= 0.6 is 11.6 Å². The van der Waals surface area contributed by atoms with Crippen LogP contribution in [0, 0.1) is 11.6 Å². The summed E-state index contributed by atoms with van der Waals surface area (Å²) >= 11 is 6.27. The molecule has 234 valence electrons. The second kappa shape index (κ2) is 10.7. The lowest BCUT2D eigenvalue weighted by molar-refractivity contribution is -0.136. The molecule has 2 aromatic heterocycles. The number of imidazole rings is 1. The van der Waals surface area contributed by atoms with E-state index in [1.807, 2.05) is 0 Å². The van der Waals surface area contributed by atoms with Crippen LogP contribution in [-0.4, -0.2) is 31.7 Å². The zero-order valence-electron chi connectivity index (χ0n) is 21.9. The summed E-state index contributed by atoms with van der Waals surface area (Å²) in [4.78, 5) is 26.4. The van der Waals surface area contributed by atoms with Crippen LogP contribution in [0.25, 0.3) is 21.8 Å². The van der Waals surface area contributed by atoms with Gasteiger partial charge in [-0.2, -0.15) is 27.1 Å². The first-order chi connectivity index (χ1) is 21.2. The van der Waals surface area contributed by atoms with E-state index in [1.54, 1.807) is 0 Å². The predicted molar refractivity (Wildman–Crippen MR) is 142 cm³/mol. The molecule has 0 aliphatic carbocycles. The highest BCUT2D eigenvalue weighted by atomic mass is 35.5. The highest BCUT2D eigenvalue weighted by Gasteiger charge is 2.40. The summed E-state index contributed by atoms with van der Waals surface area (Å²) in [7, 11) is 0. The number of nitrogens with one attached hydrogen (secondary N) is 2. The van der Waals surface area contributed by atoms with E-state index < -0.39 is 93.7 Å². The van der Waals surface area contributed by atoms with E-state index in [0.717, 1.165) is 30.5 Å². The number of halogens is 10. The Bertz CT molecular complexity index is 2090. The highest BCUT2D eigenvalue weighted by Crippen LogP contribution is 2.45. The van der Waals surface area contributed by atoms with Gasteiger partial charge in [-0.05, 0) is 36.4 Å². The molecular weight excluding hydrogens is 647 g/mol. The number of alkyl halides is 7. The maximum absolute atomic E-state index is 14.4. The first-order valence-electron chi connectivity index (χ1n) is 12.6. The molecular formula is C27H14ClF9N6O2. The number of carbonyl (C=O) groups excluding carboxylic acids is 1. The molecule has 6 rings (SSSR count). The third kappa shape index (κ3) is 5.00. The van der Waals surface area contributed by atoms with Gasteiger partial charge in [-0.1, -0.05) is 11.6 Å². The smallest absolute Gasteiger partial charge is 0.341 e. The van der Waals surface area contributed by atoms with Gasteiger partial charge in [0.05, 0.1) is 40.9 Å². The molecule has 18 heteroatoms. The molecule has 3 heterocycles. The van der Waals surface area contributed by atoms with Crippen LogP contribution in [0.2, 0.25) is 5.02 Å². The van der Waals surface area contributed by atoms with E-state index in [1.165, 1.54) is 0 Å². The van der Waals surface area contributed by atoms with Crippen molar-refractivity contribution < 1.29 is 44.3 Å². The van der Waals surface area contributed by atoms with E-state index in [0.29, 0.717) is 10.6 Å². The number of nitrogens with zero attached hydrogens (tertiary/aromatic N) is 4. The van der Waals surface area contributed by atoms with Crippen molar-refractivity contribution in [3.8, 4) is 0 Å². The van der Waals surface area contributed by atoms with Crippen molar-refractivity contribution in [3.05, 3.63) is 92.0 Å². The van der Waals surface area contributed by atoms with E-state index >= 15 is 0 Å². The maximum atomic E-state index is 14.4. The number of hydrogen-bond acceptors (Lipinski definition) is 5. The summed E-state index contributed by atoms with van der Waals surface area (Å²) < 4.78 is 126. The Hall–Kier alpha value is -4.80. The summed E-state index contributed by atoms with van der Waals surface area (Å²) in [5, 5.41) is 11.2. The fourth-order valence-electron chi connectivity index (χ4n) is 5.43. The molecule has 1 unspecified atom stereocenters. The Labute approximate surface area is 249 Å². The molecule has 1 aliphatic rings. The molecule has 3 aromatic carbocycles. The average Bonchev–Trinajstić information content (AvgIpc) is 3.43. The summed E-state index contributed by atoms with van der Waals surface area (Å²) in [5.41, 5.74) is -5.67. The summed E-state index contributed by atoms with van der Waals surface area (Å²) in [6.07, 6.45) is -7.52. The van der Waals surface area contributed by atoms with Crippen molar-refractivity contribution in [1.82, 2.24) is 24.6 Å². The highest BCUT2D eigenvalue weighted by molar-refractivity contribution is 6.31. The molecule has 0 bridgehead atoms. The van der Waals surface area contributed by atoms with Gasteiger partial charge in [0.2, 0.25) is 0 Å². The Kier molecular flexibility index (Phi) is 7.17. The number of hydrogen-bond donors (Lipinski definition) is 2. The van der Waals surface area contributed by atoms with Gasteiger partial charge in [0, 0.05) is 32.6 Å². The van der Waals surface area contributed by atoms with Gasteiger partial charge in [0.1, 0.15) is 11.6 Å². The molecule has 0 fully saturated rings. The van der Waals surface area contributed by atoms with Gasteiger partial charge >= 0.3 is 18.4 Å². The van der Waals surface area contributed by atoms with Gasteiger partial charge in [-0.3, -0.25) is 9.36 Å². The van der Waals surface area contributed by atoms with Gasteiger partial charge in [0.15, 0.2) is 5.82 Å².